The fraction of sp³-hybridized carbons (Fsp3) is 0.647. The van der Waals surface area contributed by atoms with Crippen molar-refractivity contribution in [2.24, 2.45) is 7.05 Å². The molecule has 1 amide bonds. The summed E-state index contributed by atoms with van der Waals surface area (Å²) < 4.78 is 26.4. The van der Waals surface area contributed by atoms with Crippen LogP contribution in [0.15, 0.2) is 10.9 Å². The van der Waals surface area contributed by atoms with Crippen LogP contribution in [0.25, 0.3) is 0 Å². The number of amides is 1. The predicted molar refractivity (Wildman–Crippen MR) is 95.3 cm³/mol. The zero-order valence-corrected chi connectivity index (χ0v) is 15.6. The smallest absolute Gasteiger partial charge is 0.263 e. The third kappa shape index (κ3) is 3.64. The van der Waals surface area contributed by atoms with Gasteiger partial charge in [-0.15, -0.1) is 0 Å². The van der Waals surface area contributed by atoms with Crippen LogP contribution in [0.4, 0.5) is 0 Å². The molecule has 1 saturated heterocycles. The van der Waals surface area contributed by atoms with Gasteiger partial charge in [0.2, 0.25) is 10.0 Å². The topological polar surface area (TPSA) is 79.7 Å². The van der Waals surface area contributed by atoms with E-state index in [-0.39, 0.29) is 23.6 Å². The van der Waals surface area contributed by atoms with Crippen LogP contribution >= 0.6 is 0 Å². The first-order valence-electron chi connectivity index (χ1n) is 8.75. The number of rotatable bonds is 2. The maximum atomic E-state index is 12.9. The molecule has 8 heteroatoms. The van der Waals surface area contributed by atoms with Crippen molar-refractivity contribution in [1.82, 2.24) is 13.8 Å². The van der Waals surface area contributed by atoms with Crippen LogP contribution in [0.5, 0.6) is 0 Å². The average molecular weight is 367 g/mol. The van der Waals surface area contributed by atoms with Crippen molar-refractivity contribution in [2.45, 2.75) is 32.1 Å². The lowest BCUT2D eigenvalue weighted by Gasteiger charge is -2.23. The molecule has 25 heavy (non-hydrogen) atoms. The number of pyridine rings is 1. The van der Waals surface area contributed by atoms with Gasteiger partial charge in [0.25, 0.3) is 11.5 Å². The Balaban J connectivity index is 1.86. The van der Waals surface area contributed by atoms with Gasteiger partial charge in [0.1, 0.15) is 5.56 Å². The third-order valence-corrected chi connectivity index (χ3v) is 6.48. The Kier molecular flexibility index (Phi) is 5.02. The number of carbonyl (C=O) groups excluding carboxylic acids is 1. The van der Waals surface area contributed by atoms with Crippen LogP contribution in [0.1, 0.15) is 40.9 Å². The molecular formula is C17H25N3O4S. The van der Waals surface area contributed by atoms with Crippen molar-refractivity contribution >= 4 is 15.9 Å². The van der Waals surface area contributed by atoms with E-state index in [0.717, 1.165) is 36.9 Å². The highest BCUT2D eigenvalue weighted by Crippen LogP contribution is 2.21. The second-order valence-electron chi connectivity index (χ2n) is 6.91. The molecule has 3 rings (SSSR count). The predicted octanol–water partition coefficient (Wildman–Crippen LogP) is 0.372. The summed E-state index contributed by atoms with van der Waals surface area (Å²) in [4.78, 5) is 27.2. The van der Waals surface area contributed by atoms with Crippen molar-refractivity contribution in [3.63, 3.8) is 0 Å². The first-order chi connectivity index (χ1) is 11.8. The van der Waals surface area contributed by atoms with E-state index in [1.54, 1.807) is 22.6 Å². The molecule has 0 bridgehead atoms. The number of aryl methyl sites for hydroxylation is 1. The molecule has 138 valence electrons. The van der Waals surface area contributed by atoms with Gasteiger partial charge in [0.05, 0.1) is 6.26 Å². The lowest BCUT2D eigenvalue weighted by Crippen LogP contribution is -2.40. The van der Waals surface area contributed by atoms with Gasteiger partial charge in [-0.05, 0) is 43.7 Å². The summed E-state index contributed by atoms with van der Waals surface area (Å²) in [7, 11) is -1.53. The molecule has 0 unspecified atom stereocenters. The van der Waals surface area contributed by atoms with E-state index in [1.165, 1.54) is 10.6 Å². The van der Waals surface area contributed by atoms with Crippen LogP contribution in [0, 0.1) is 0 Å². The molecule has 1 aliphatic carbocycles. The highest BCUT2D eigenvalue weighted by molar-refractivity contribution is 7.88. The molecule has 0 N–H and O–H groups in total. The monoisotopic (exact) mass is 367 g/mol. The minimum atomic E-state index is -3.26. The zero-order valence-electron chi connectivity index (χ0n) is 14.8. The van der Waals surface area contributed by atoms with E-state index in [1.807, 2.05) is 0 Å². The van der Waals surface area contributed by atoms with Crippen molar-refractivity contribution < 1.29 is 13.2 Å². The second-order valence-corrected chi connectivity index (χ2v) is 8.89. The first kappa shape index (κ1) is 18.1. The zero-order chi connectivity index (χ0) is 18.2. The molecule has 0 aromatic carbocycles. The Morgan fingerprint density at radius 3 is 2.48 bits per heavy atom. The van der Waals surface area contributed by atoms with Crippen LogP contribution in [0.3, 0.4) is 0 Å². The molecule has 2 aliphatic rings. The van der Waals surface area contributed by atoms with Crippen LogP contribution < -0.4 is 5.56 Å². The molecule has 0 spiro atoms. The SMILES string of the molecule is Cn1c2c(cc(C(=O)N3CCCN(S(C)(=O)=O)CC3)c1=O)CCCC2. The summed E-state index contributed by atoms with van der Waals surface area (Å²) in [6.45, 7) is 1.46. The lowest BCUT2D eigenvalue weighted by atomic mass is 9.94. The highest BCUT2D eigenvalue weighted by atomic mass is 32.2. The molecule has 1 fully saturated rings. The van der Waals surface area contributed by atoms with Crippen molar-refractivity contribution in [1.29, 1.82) is 0 Å². The number of hydrogen-bond donors (Lipinski definition) is 0. The van der Waals surface area contributed by atoms with Crippen LogP contribution in [-0.4, -0.2) is 60.5 Å². The largest absolute Gasteiger partial charge is 0.337 e. The number of sulfonamides is 1. The summed E-state index contributed by atoms with van der Waals surface area (Å²) in [6.07, 6.45) is 5.68. The molecule has 2 heterocycles. The Morgan fingerprint density at radius 1 is 1.04 bits per heavy atom. The normalized spacial score (nSPS) is 19.4. The van der Waals surface area contributed by atoms with Crippen LogP contribution in [-0.2, 0) is 29.9 Å². The average Bonchev–Trinajstić information content (AvgIpc) is 2.83. The fourth-order valence-electron chi connectivity index (χ4n) is 3.74. The van der Waals surface area contributed by atoms with Crippen molar-refractivity contribution in [3.05, 3.63) is 33.2 Å². The summed E-state index contributed by atoms with van der Waals surface area (Å²) in [5.41, 5.74) is 2.07. The molecule has 1 aromatic heterocycles. The number of aromatic nitrogens is 1. The standard InChI is InChI=1S/C17H25N3O4S/c1-18-15-7-4-3-6-13(15)12-14(16(18)21)17(22)19-8-5-9-20(11-10-19)25(2,23)24/h12H,3-11H2,1-2H3. The van der Waals surface area contributed by atoms with E-state index < -0.39 is 10.0 Å². The minimum absolute atomic E-state index is 0.205. The minimum Gasteiger partial charge on any atom is -0.337 e. The molecular weight excluding hydrogens is 342 g/mol. The summed E-state index contributed by atoms with van der Waals surface area (Å²) >= 11 is 0. The maximum absolute atomic E-state index is 12.9. The Morgan fingerprint density at radius 2 is 1.76 bits per heavy atom. The third-order valence-electron chi connectivity index (χ3n) is 5.18. The van der Waals surface area contributed by atoms with Gasteiger partial charge in [0, 0.05) is 38.9 Å². The second kappa shape index (κ2) is 6.92. The Hall–Kier alpha value is -1.67. The molecule has 7 nitrogen and oxygen atoms in total. The Labute approximate surface area is 148 Å². The molecule has 0 atom stereocenters. The fourth-order valence-corrected chi connectivity index (χ4v) is 4.62. The number of hydrogen-bond acceptors (Lipinski definition) is 4. The molecule has 1 aliphatic heterocycles. The summed E-state index contributed by atoms with van der Waals surface area (Å²) in [6, 6.07) is 1.76. The number of carbonyl (C=O) groups is 1. The molecule has 0 saturated carbocycles. The van der Waals surface area contributed by atoms with Gasteiger partial charge < -0.3 is 9.47 Å². The summed E-state index contributed by atoms with van der Waals surface area (Å²) in [5, 5.41) is 0. The van der Waals surface area contributed by atoms with Gasteiger partial charge in [-0.3, -0.25) is 9.59 Å². The van der Waals surface area contributed by atoms with Gasteiger partial charge >= 0.3 is 0 Å². The van der Waals surface area contributed by atoms with Gasteiger partial charge in [-0.25, -0.2) is 12.7 Å². The van der Waals surface area contributed by atoms with E-state index in [4.69, 9.17) is 0 Å². The van der Waals surface area contributed by atoms with Crippen molar-refractivity contribution in [2.75, 3.05) is 32.4 Å². The lowest BCUT2D eigenvalue weighted by molar-refractivity contribution is 0.0761. The van der Waals surface area contributed by atoms with E-state index in [0.29, 0.717) is 26.1 Å². The number of fused-ring (bicyclic) bond motifs is 1. The maximum Gasteiger partial charge on any atom is 0.263 e. The van der Waals surface area contributed by atoms with E-state index in [9.17, 15) is 18.0 Å². The number of nitrogens with zero attached hydrogens (tertiary/aromatic N) is 3. The molecule has 0 radical (unpaired) electrons. The van der Waals surface area contributed by atoms with Crippen LogP contribution in [0.2, 0.25) is 0 Å². The summed E-state index contributed by atoms with van der Waals surface area (Å²) in [5.74, 6) is -0.288. The van der Waals surface area contributed by atoms with E-state index in [2.05, 4.69) is 0 Å². The quantitative estimate of drug-likeness (QED) is 0.757. The van der Waals surface area contributed by atoms with Gasteiger partial charge in [0.15, 0.2) is 0 Å². The van der Waals surface area contributed by atoms with E-state index >= 15 is 0 Å². The van der Waals surface area contributed by atoms with Gasteiger partial charge in [-0.2, -0.15) is 0 Å². The molecule has 1 aromatic rings. The first-order valence-corrected chi connectivity index (χ1v) is 10.6. The highest BCUT2D eigenvalue weighted by Gasteiger charge is 2.27. The van der Waals surface area contributed by atoms with Gasteiger partial charge in [-0.1, -0.05) is 0 Å². The van der Waals surface area contributed by atoms with Crippen molar-refractivity contribution in [3.8, 4) is 0 Å². The Bertz CT molecular complexity index is 844.